The molecule has 3 heterocycles. The molecule has 0 saturated carbocycles. The van der Waals surface area contributed by atoms with Crippen molar-refractivity contribution in [3.05, 3.63) is 70.6 Å². The number of carbonyl (C=O) groups is 2. The lowest BCUT2D eigenvalue weighted by atomic mass is 10.2. The second-order valence-corrected chi connectivity index (χ2v) is 7.70. The van der Waals surface area contributed by atoms with Crippen LogP contribution in [0.5, 0.6) is 0 Å². The topological polar surface area (TPSA) is 109 Å². The van der Waals surface area contributed by atoms with Crippen LogP contribution in [0, 0.1) is 6.92 Å². The van der Waals surface area contributed by atoms with Crippen LogP contribution < -0.4 is 5.73 Å². The Kier molecular flexibility index (Phi) is 5.68. The number of esters is 2. The normalized spacial score (nSPS) is 10.9. The fourth-order valence-corrected chi connectivity index (χ4v) is 4.29. The monoisotopic (exact) mass is 436 g/mol. The first kappa shape index (κ1) is 20.5. The molecule has 0 aliphatic rings. The number of nitrogens with zero attached hydrogens (tertiary/aromatic N) is 3. The maximum atomic E-state index is 12.5. The van der Waals surface area contributed by atoms with Crippen molar-refractivity contribution in [2.75, 3.05) is 12.3 Å². The van der Waals surface area contributed by atoms with Gasteiger partial charge >= 0.3 is 11.9 Å². The smallest absolute Gasteiger partial charge is 0.348 e. The Morgan fingerprint density at radius 3 is 2.61 bits per heavy atom. The Labute approximate surface area is 182 Å². The minimum atomic E-state index is -0.495. The van der Waals surface area contributed by atoms with E-state index in [0.29, 0.717) is 26.2 Å². The molecule has 2 N–H and O–H groups in total. The van der Waals surface area contributed by atoms with Gasteiger partial charge in [-0.2, -0.15) is 0 Å². The number of hydrogen-bond donors (Lipinski definition) is 1. The van der Waals surface area contributed by atoms with Gasteiger partial charge in [0, 0.05) is 18.1 Å². The number of fused-ring (bicyclic) bond motifs is 1. The van der Waals surface area contributed by atoms with E-state index in [1.165, 1.54) is 11.3 Å². The molecule has 0 unspecified atom stereocenters. The number of hydrogen-bond acceptors (Lipinski definition) is 8. The van der Waals surface area contributed by atoms with Crippen LogP contribution in [-0.4, -0.2) is 33.1 Å². The number of rotatable bonds is 6. The Morgan fingerprint density at radius 1 is 1.10 bits per heavy atom. The highest BCUT2D eigenvalue weighted by molar-refractivity contribution is 7.20. The van der Waals surface area contributed by atoms with Crippen molar-refractivity contribution in [3.8, 4) is 5.69 Å². The molecular weight excluding hydrogens is 416 g/mol. The molecule has 8 nitrogen and oxygen atoms in total. The molecule has 9 heteroatoms. The Balaban J connectivity index is 1.53. The van der Waals surface area contributed by atoms with Gasteiger partial charge in [0.25, 0.3) is 0 Å². The lowest BCUT2D eigenvalue weighted by Crippen LogP contribution is -2.09. The molecule has 0 radical (unpaired) electrons. The molecular formula is C22H20N4O4S. The predicted molar refractivity (Wildman–Crippen MR) is 117 cm³/mol. The highest BCUT2D eigenvalue weighted by atomic mass is 32.1. The number of benzene rings is 1. The molecule has 3 aromatic heterocycles. The molecule has 158 valence electrons. The molecule has 0 saturated heterocycles. The number of carbonyl (C=O) groups excluding carboxylic acids is 2. The number of aryl methyl sites for hydroxylation is 1. The molecule has 0 aliphatic carbocycles. The summed E-state index contributed by atoms with van der Waals surface area (Å²) in [4.78, 5) is 34.3. The van der Waals surface area contributed by atoms with Crippen molar-refractivity contribution in [1.29, 1.82) is 0 Å². The largest absolute Gasteiger partial charge is 0.462 e. The Hall–Kier alpha value is -3.72. The zero-order valence-corrected chi connectivity index (χ0v) is 17.8. The van der Waals surface area contributed by atoms with Gasteiger partial charge in [0.15, 0.2) is 12.4 Å². The molecule has 0 fully saturated rings. The summed E-state index contributed by atoms with van der Waals surface area (Å²) in [5.74, 6) is -0.421. The van der Waals surface area contributed by atoms with Crippen LogP contribution in [0.3, 0.4) is 0 Å². The first-order chi connectivity index (χ1) is 15.0. The number of ether oxygens (including phenoxy) is 2. The summed E-state index contributed by atoms with van der Waals surface area (Å²) in [5, 5.41) is 0.613. The van der Waals surface area contributed by atoms with Crippen LogP contribution >= 0.6 is 11.3 Å². The first-order valence-electron chi connectivity index (χ1n) is 9.61. The summed E-state index contributed by atoms with van der Waals surface area (Å²) in [5.41, 5.74) is 8.04. The van der Waals surface area contributed by atoms with Gasteiger partial charge in [-0.3, -0.25) is 0 Å². The lowest BCUT2D eigenvalue weighted by Gasteiger charge is -2.08. The van der Waals surface area contributed by atoms with E-state index in [2.05, 4.69) is 9.97 Å². The Morgan fingerprint density at radius 2 is 1.87 bits per heavy atom. The average molecular weight is 436 g/mol. The van der Waals surface area contributed by atoms with E-state index in [1.807, 2.05) is 35.2 Å². The number of thiophene rings is 1. The third-order valence-electron chi connectivity index (χ3n) is 4.64. The standard InChI is InChI=1S/C22H20N4O4S/c1-3-29-22(28)18-13(2)17-19(23)24-16(25-20(17)31-18)12-30-21(27)14-7-6-8-15(11-14)26-9-4-5-10-26/h4-11H,3,12H2,1-2H3,(H2,23,24,25). The molecule has 0 atom stereocenters. The maximum Gasteiger partial charge on any atom is 0.348 e. The summed E-state index contributed by atoms with van der Waals surface area (Å²) in [6, 6.07) is 10.9. The number of nitrogens with two attached hydrogens (primary N) is 1. The van der Waals surface area contributed by atoms with Crippen LogP contribution in [0.1, 0.15) is 38.3 Å². The van der Waals surface area contributed by atoms with E-state index >= 15 is 0 Å². The van der Waals surface area contributed by atoms with E-state index in [9.17, 15) is 9.59 Å². The van der Waals surface area contributed by atoms with Gasteiger partial charge in [-0.25, -0.2) is 19.6 Å². The van der Waals surface area contributed by atoms with Crippen molar-refractivity contribution in [2.24, 2.45) is 0 Å². The minimum Gasteiger partial charge on any atom is -0.462 e. The highest BCUT2D eigenvalue weighted by Gasteiger charge is 2.21. The second kappa shape index (κ2) is 8.57. The SMILES string of the molecule is CCOC(=O)c1sc2nc(COC(=O)c3cccc(-n4cccc4)c3)nc(N)c2c1C. The fourth-order valence-electron chi connectivity index (χ4n) is 3.19. The van der Waals surface area contributed by atoms with Crippen molar-refractivity contribution in [1.82, 2.24) is 14.5 Å². The zero-order valence-electron chi connectivity index (χ0n) is 17.0. The number of anilines is 1. The molecule has 4 rings (SSSR count). The third kappa shape index (κ3) is 4.13. The van der Waals surface area contributed by atoms with E-state index in [0.717, 1.165) is 5.69 Å². The number of nitrogen functional groups attached to an aromatic ring is 1. The fraction of sp³-hybridized carbons (Fsp3) is 0.182. The van der Waals surface area contributed by atoms with Crippen molar-refractivity contribution < 1.29 is 19.1 Å². The summed E-state index contributed by atoms with van der Waals surface area (Å²) >= 11 is 1.18. The van der Waals surface area contributed by atoms with Gasteiger partial charge in [0.1, 0.15) is 15.5 Å². The summed E-state index contributed by atoms with van der Waals surface area (Å²) < 4.78 is 12.4. The summed E-state index contributed by atoms with van der Waals surface area (Å²) in [6.45, 7) is 3.66. The quantitative estimate of drug-likeness (QED) is 0.456. The minimum absolute atomic E-state index is 0.140. The summed E-state index contributed by atoms with van der Waals surface area (Å²) in [6.07, 6.45) is 3.79. The molecule has 0 bridgehead atoms. The van der Waals surface area contributed by atoms with Crippen LogP contribution in [0.15, 0.2) is 48.8 Å². The average Bonchev–Trinajstić information content (AvgIpc) is 3.41. The molecule has 0 aliphatic heterocycles. The summed E-state index contributed by atoms with van der Waals surface area (Å²) in [7, 11) is 0. The van der Waals surface area contributed by atoms with Crippen molar-refractivity contribution in [3.63, 3.8) is 0 Å². The van der Waals surface area contributed by atoms with Gasteiger partial charge in [-0.05, 0) is 49.7 Å². The van der Waals surface area contributed by atoms with Gasteiger partial charge in [0.05, 0.1) is 17.6 Å². The first-order valence-corrected chi connectivity index (χ1v) is 10.4. The van der Waals surface area contributed by atoms with Crippen LogP contribution in [-0.2, 0) is 16.1 Å². The maximum absolute atomic E-state index is 12.5. The molecule has 1 aromatic carbocycles. The van der Waals surface area contributed by atoms with Gasteiger partial charge < -0.3 is 19.8 Å². The lowest BCUT2D eigenvalue weighted by molar-refractivity contribution is 0.0461. The molecule has 31 heavy (non-hydrogen) atoms. The van der Waals surface area contributed by atoms with Gasteiger partial charge in [0.2, 0.25) is 0 Å². The third-order valence-corrected chi connectivity index (χ3v) is 5.81. The highest BCUT2D eigenvalue weighted by Crippen LogP contribution is 2.33. The second-order valence-electron chi connectivity index (χ2n) is 6.70. The van der Waals surface area contributed by atoms with Gasteiger partial charge in [-0.15, -0.1) is 11.3 Å². The number of aromatic nitrogens is 3. The van der Waals surface area contributed by atoms with Crippen LogP contribution in [0.25, 0.3) is 15.9 Å². The predicted octanol–water partition coefficient (Wildman–Crippen LogP) is 3.91. The van der Waals surface area contributed by atoms with E-state index in [1.54, 1.807) is 32.0 Å². The van der Waals surface area contributed by atoms with E-state index < -0.39 is 11.9 Å². The Bertz CT molecular complexity index is 1260. The van der Waals surface area contributed by atoms with Crippen molar-refractivity contribution >= 4 is 39.3 Å². The van der Waals surface area contributed by atoms with Crippen LogP contribution in [0.4, 0.5) is 5.82 Å². The van der Waals surface area contributed by atoms with E-state index in [4.69, 9.17) is 15.2 Å². The molecule has 0 spiro atoms. The van der Waals surface area contributed by atoms with Crippen molar-refractivity contribution in [2.45, 2.75) is 20.5 Å². The van der Waals surface area contributed by atoms with E-state index in [-0.39, 0.29) is 24.9 Å². The van der Waals surface area contributed by atoms with Crippen LogP contribution in [0.2, 0.25) is 0 Å². The molecule has 4 aromatic rings. The van der Waals surface area contributed by atoms with Gasteiger partial charge in [-0.1, -0.05) is 6.07 Å². The zero-order chi connectivity index (χ0) is 22.0. The molecule has 0 amide bonds.